The Morgan fingerprint density at radius 1 is 0.462 bits per heavy atom. The van der Waals surface area contributed by atoms with Gasteiger partial charge in [0.2, 0.25) is 23.6 Å². The molecule has 0 fully saturated rings. The zero-order valence-electron chi connectivity index (χ0n) is 16.8. The van der Waals surface area contributed by atoms with Crippen molar-refractivity contribution in [3.63, 3.8) is 0 Å². The summed E-state index contributed by atoms with van der Waals surface area (Å²) >= 11 is 0. The molecule has 0 spiro atoms. The number of rotatable bonds is 9. The third kappa shape index (κ3) is 4.43. The second-order valence-electron chi connectivity index (χ2n) is 6.98. The number of Topliss-reactive ketones (excluding diaryl/α,β-unsaturated/α-hetero) is 2. The fourth-order valence-corrected chi connectivity index (χ4v) is 2.35. The van der Waals surface area contributed by atoms with Crippen molar-refractivity contribution < 1.29 is 102 Å². The largest absolute Gasteiger partial charge is 0.460 e. The highest BCUT2D eigenvalue weighted by Gasteiger charge is 2.94. The van der Waals surface area contributed by atoms with Gasteiger partial charge in [0, 0.05) is 0 Å². The SMILES string of the molecule is O=C(c1c(F)c(F)c(F)c(F)c1F)C(F)C(=O)C(F)(F)C(F)(F)C(F)(F)C(F)(F)C(F)(F)C(F)(F)C(F)(F)F. The Hall–Kier alpha value is -2.91. The van der Waals surface area contributed by atoms with E-state index in [1.807, 2.05) is 0 Å². The molecule has 0 radical (unpaired) electrons. The lowest BCUT2D eigenvalue weighted by molar-refractivity contribution is -0.449. The molecule has 0 amide bonds. The Balaban J connectivity index is 3.69. The molecule has 0 saturated carbocycles. The van der Waals surface area contributed by atoms with Crippen LogP contribution in [0.2, 0.25) is 0 Å². The Labute approximate surface area is 197 Å². The van der Waals surface area contributed by atoms with Gasteiger partial charge in [0.05, 0.1) is 5.56 Å². The first kappa shape index (κ1) is 34.1. The number of halogens is 21. The molecule has 224 valence electrons. The second-order valence-corrected chi connectivity index (χ2v) is 6.98. The zero-order chi connectivity index (χ0) is 31.7. The first-order chi connectivity index (χ1) is 16.9. The van der Waals surface area contributed by atoms with Gasteiger partial charge in [-0.2, -0.15) is 65.9 Å². The van der Waals surface area contributed by atoms with Gasteiger partial charge in [0.15, 0.2) is 23.3 Å². The van der Waals surface area contributed by atoms with Crippen molar-refractivity contribution in [3.05, 3.63) is 34.6 Å². The summed E-state index contributed by atoms with van der Waals surface area (Å²) in [4.78, 5) is 22.7. The summed E-state index contributed by atoms with van der Waals surface area (Å²) in [6.45, 7) is 0. The summed E-state index contributed by atoms with van der Waals surface area (Å²) in [5.74, 6) is -76.7. The third-order valence-corrected chi connectivity index (χ3v) is 4.55. The lowest BCUT2D eigenvalue weighted by Crippen LogP contribution is -2.73. The van der Waals surface area contributed by atoms with Crippen LogP contribution in [0, 0.1) is 29.1 Å². The van der Waals surface area contributed by atoms with E-state index >= 15 is 0 Å². The Morgan fingerprint density at radius 3 is 1.08 bits per heavy atom. The fraction of sp³-hybridized carbons (Fsp3) is 0.500. The van der Waals surface area contributed by atoms with Crippen molar-refractivity contribution >= 4 is 11.6 Å². The predicted molar refractivity (Wildman–Crippen MR) is 76.2 cm³/mol. The van der Waals surface area contributed by atoms with E-state index in [-0.39, 0.29) is 0 Å². The lowest BCUT2D eigenvalue weighted by atomic mass is 9.88. The van der Waals surface area contributed by atoms with Crippen LogP contribution in [0.1, 0.15) is 10.4 Å². The molecular formula is C16HF21O2. The zero-order valence-corrected chi connectivity index (χ0v) is 16.8. The summed E-state index contributed by atoms with van der Waals surface area (Å²) in [6, 6.07) is 0. The molecule has 0 N–H and O–H groups in total. The number of ketones is 2. The van der Waals surface area contributed by atoms with Crippen LogP contribution in [0.4, 0.5) is 92.2 Å². The highest BCUT2D eigenvalue weighted by atomic mass is 19.4. The molecule has 0 saturated heterocycles. The molecular weight excluding hydrogens is 623 g/mol. The smallest absolute Gasteiger partial charge is 0.290 e. The van der Waals surface area contributed by atoms with Crippen LogP contribution < -0.4 is 0 Å². The second kappa shape index (κ2) is 9.34. The van der Waals surface area contributed by atoms with Gasteiger partial charge in [-0.3, -0.25) is 9.59 Å². The molecule has 23 heteroatoms. The quantitative estimate of drug-likeness (QED) is 0.0992. The van der Waals surface area contributed by atoms with Crippen molar-refractivity contribution in [3.8, 4) is 0 Å². The van der Waals surface area contributed by atoms with Crippen LogP contribution in [0.5, 0.6) is 0 Å². The average molecular weight is 624 g/mol. The summed E-state index contributed by atoms with van der Waals surface area (Å²) in [5, 5.41) is 0. The van der Waals surface area contributed by atoms with Gasteiger partial charge in [0.25, 0.3) is 0 Å². The van der Waals surface area contributed by atoms with Gasteiger partial charge in [0.1, 0.15) is 0 Å². The molecule has 1 aromatic carbocycles. The van der Waals surface area contributed by atoms with E-state index in [1.54, 1.807) is 0 Å². The van der Waals surface area contributed by atoms with E-state index in [9.17, 15) is 102 Å². The molecule has 0 bridgehead atoms. The lowest BCUT2D eigenvalue weighted by Gasteiger charge is -2.41. The van der Waals surface area contributed by atoms with Gasteiger partial charge < -0.3 is 0 Å². The molecule has 1 atom stereocenters. The standard InChI is InChI=1S/C16HF21O2/c17-2-1(3(18)5(20)6(21)4(2)19)8(38)7(22)9(39)10(23,24)11(25,26)12(27,28)13(29,30)14(31,32)15(33,34)16(35,36)37/h7H. The topological polar surface area (TPSA) is 34.1 Å². The van der Waals surface area contributed by atoms with E-state index in [0.717, 1.165) is 0 Å². The van der Waals surface area contributed by atoms with E-state index < -0.39 is 94.1 Å². The van der Waals surface area contributed by atoms with Crippen molar-refractivity contribution in [1.29, 1.82) is 0 Å². The summed E-state index contributed by atoms with van der Waals surface area (Å²) in [7, 11) is 0. The number of hydrogen-bond acceptors (Lipinski definition) is 2. The van der Waals surface area contributed by atoms with E-state index in [1.165, 1.54) is 0 Å². The summed E-state index contributed by atoms with van der Waals surface area (Å²) < 4.78 is 276. The maximum atomic E-state index is 13.9. The van der Waals surface area contributed by atoms with Crippen molar-refractivity contribution in [1.82, 2.24) is 0 Å². The summed E-state index contributed by atoms with van der Waals surface area (Å²) in [5.41, 5.74) is -3.22. The summed E-state index contributed by atoms with van der Waals surface area (Å²) in [6.07, 6.45) is -13.4. The van der Waals surface area contributed by atoms with Crippen molar-refractivity contribution in [2.75, 3.05) is 0 Å². The molecule has 0 heterocycles. The monoisotopic (exact) mass is 624 g/mol. The van der Waals surface area contributed by atoms with Crippen LogP contribution in [-0.4, -0.2) is 59.4 Å². The number of alkyl halides is 16. The average Bonchev–Trinajstić information content (AvgIpc) is 2.78. The van der Waals surface area contributed by atoms with Gasteiger partial charge >= 0.3 is 41.7 Å². The van der Waals surface area contributed by atoms with Crippen molar-refractivity contribution in [2.24, 2.45) is 0 Å². The minimum Gasteiger partial charge on any atom is -0.290 e. The van der Waals surface area contributed by atoms with Crippen molar-refractivity contribution in [2.45, 2.75) is 47.9 Å². The highest BCUT2D eigenvalue weighted by Crippen LogP contribution is 2.62. The first-order valence-corrected chi connectivity index (χ1v) is 8.48. The molecule has 1 rings (SSSR count). The van der Waals surface area contributed by atoms with Crippen LogP contribution in [0.25, 0.3) is 0 Å². The van der Waals surface area contributed by atoms with Crippen LogP contribution in [0.15, 0.2) is 0 Å². The maximum absolute atomic E-state index is 13.9. The van der Waals surface area contributed by atoms with E-state index in [4.69, 9.17) is 0 Å². The molecule has 0 aliphatic rings. The molecule has 0 aliphatic heterocycles. The molecule has 1 unspecified atom stereocenters. The Kier molecular flexibility index (Phi) is 8.17. The normalized spacial score (nSPS) is 15.4. The van der Waals surface area contributed by atoms with E-state index in [0.29, 0.717) is 0 Å². The fourth-order valence-electron chi connectivity index (χ4n) is 2.35. The first-order valence-electron chi connectivity index (χ1n) is 8.48. The number of carbonyl (C=O) groups excluding carboxylic acids is 2. The minimum atomic E-state index is -8.90. The molecule has 1 aromatic rings. The highest BCUT2D eigenvalue weighted by molar-refractivity contribution is 6.15. The Morgan fingerprint density at radius 2 is 0.744 bits per heavy atom. The van der Waals surface area contributed by atoms with Crippen LogP contribution in [-0.2, 0) is 4.79 Å². The molecule has 0 aromatic heterocycles. The van der Waals surface area contributed by atoms with E-state index in [2.05, 4.69) is 0 Å². The Bertz CT molecular complexity index is 1130. The molecule has 39 heavy (non-hydrogen) atoms. The number of hydrogen-bond donors (Lipinski definition) is 0. The van der Waals surface area contributed by atoms with Gasteiger partial charge in [-0.1, -0.05) is 0 Å². The maximum Gasteiger partial charge on any atom is 0.460 e. The van der Waals surface area contributed by atoms with Gasteiger partial charge in [-0.15, -0.1) is 0 Å². The van der Waals surface area contributed by atoms with Gasteiger partial charge in [-0.25, -0.2) is 26.3 Å². The van der Waals surface area contributed by atoms with Crippen LogP contribution >= 0.6 is 0 Å². The third-order valence-electron chi connectivity index (χ3n) is 4.55. The van der Waals surface area contributed by atoms with Gasteiger partial charge in [-0.05, 0) is 0 Å². The molecule has 0 aliphatic carbocycles. The number of carbonyl (C=O) groups is 2. The molecule has 2 nitrogen and oxygen atoms in total. The predicted octanol–water partition coefficient (Wildman–Crippen LogP) is 6.85. The minimum absolute atomic E-state index is 3.14. The van der Waals surface area contributed by atoms with Crippen LogP contribution in [0.3, 0.4) is 0 Å². The number of benzene rings is 1.